The lowest BCUT2D eigenvalue weighted by molar-refractivity contribution is -0.142. The molecule has 0 aliphatic carbocycles. The molecule has 0 atom stereocenters. The van der Waals surface area contributed by atoms with Crippen molar-refractivity contribution < 1.29 is 22.7 Å². The van der Waals surface area contributed by atoms with Crippen LogP contribution < -0.4 is 0 Å². The summed E-state index contributed by atoms with van der Waals surface area (Å²) < 4.78 is 41.4. The summed E-state index contributed by atoms with van der Waals surface area (Å²) in [7, 11) is 0. The number of carbonyl (C=O) groups is 1. The molecule has 0 unspecified atom stereocenters. The van der Waals surface area contributed by atoms with E-state index >= 15 is 0 Å². The Morgan fingerprint density at radius 2 is 1.90 bits per heavy atom. The Balaban J connectivity index is 2.05. The van der Waals surface area contributed by atoms with Crippen LogP contribution >= 0.6 is 23.4 Å². The van der Waals surface area contributed by atoms with E-state index in [2.05, 4.69) is 0 Å². The van der Waals surface area contributed by atoms with Gasteiger partial charge in [-0.3, -0.25) is 0 Å². The lowest BCUT2D eigenvalue weighted by Crippen LogP contribution is -2.12. The zero-order valence-corrected chi connectivity index (χ0v) is 11.5. The molecule has 2 rings (SSSR count). The number of hydrogen-bond donors (Lipinski definition) is 0. The minimum absolute atomic E-state index is 0.106. The van der Waals surface area contributed by atoms with E-state index in [-0.39, 0.29) is 11.3 Å². The van der Waals surface area contributed by atoms with Gasteiger partial charge in [0.25, 0.3) is 0 Å². The van der Waals surface area contributed by atoms with Crippen LogP contribution in [0, 0.1) is 0 Å². The Morgan fingerprint density at radius 1 is 1.25 bits per heavy atom. The molecular weight excluding hydrogens is 313 g/mol. The molecule has 0 radical (unpaired) electrons. The molecule has 106 valence electrons. The van der Waals surface area contributed by atoms with Crippen LogP contribution in [-0.4, -0.2) is 12.1 Å². The van der Waals surface area contributed by atoms with Gasteiger partial charge in [-0.2, -0.15) is 13.2 Å². The molecule has 1 aliphatic heterocycles. The van der Waals surface area contributed by atoms with Crippen LogP contribution in [0.5, 0.6) is 0 Å². The summed E-state index contributed by atoms with van der Waals surface area (Å²) in [4.78, 5) is 12.1. The predicted molar refractivity (Wildman–Crippen MR) is 70.2 cm³/mol. The summed E-state index contributed by atoms with van der Waals surface area (Å²) in [5.74, 6) is -0.848. The number of alkyl halides is 3. The number of carbonyl (C=O) groups excluding carboxylic acids is 1. The van der Waals surface area contributed by atoms with Gasteiger partial charge in [-0.05, 0) is 30.3 Å². The number of allylic oxidation sites excluding steroid dienone is 1. The monoisotopic (exact) mass is 320 g/mol. The SMILES string of the molecule is O=C1O/C(=C\Sc2ccc(Cl)cc2)C=C1CC(F)(F)F. The quantitative estimate of drug-likeness (QED) is 0.596. The molecule has 1 aromatic carbocycles. The minimum atomic E-state index is -4.43. The molecule has 0 bridgehead atoms. The summed E-state index contributed by atoms with van der Waals surface area (Å²) in [6.07, 6.45) is -4.60. The fourth-order valence-corrected chi connectivity index (χ4v) is 2.26. The van der Waals surface area contributed by atoms with Crippen molar-refractivity contribution >= 4 is 29.3 Å². The normalized spacial score (nSPS) is 17.3. The summed E-state index contributed by atoms with van der Waals surface area (Å²) in [6.45, 7) is 0. The highest BCUT2D eigenvalue weighted by Crippen LogP contribution is 2.31. The summed E-state index contributed by atoms with van der Waals surface area (Å²) >= 11 is 6.95. The maximum Gasteiger partial charge on any atom is 0.393 e. The first kappa shape index (κ1) is 15.0. The highest BCUT2D eigenvalue weighted by molar-refractivity contribution is 8.02. The van der Waals surface area contributed by atoms with Crippen LogP contribution in [0.3, 0.4) is 0 Å². The van der Waals surface area contributed by atoms with E-state index in [1.807, 2.05) is 0 Å². The second-order valence-electron chi connectivity index (χ2n) is 3.94. The predicted octanol–water partition coefficient (Wildman–Crippen LogP) is 4.71. The van der Waals surface area contributed by atoms with E-state index in [9.17, 15) is 18.0 Å². The molecule has 0 saturated carbocycles. The number of thioether (sulfide) groups is 1. The van der Waals surface area contributed by atoms with Gasteiger partial charge in [-0.25, -0.2) is 4.79 Å². The number of esters is 1. The van der Waals surface area contributed by atoms with Gasteiger partial charge in [-0.1, -0.05) is 23.4 Å². The largest absolute Gasteiger partial charge is 0.423 e. The summed E-state index contributed by atoms with van der Waals surface area (Å²) in [5.41, 5.74) is -0.388. The Morgan fingerprint density at radius 3 is 2.50 bits per heavy atom. The number of cyclic esters (lactones) is 1. The molecular formula is C13H8ClF3O2S. The van der Waals surface area contributed by atoms with Gasteiger partial charge in [0.05, 0.1) is 12.0 Å². The van der Waals surface area contributed by atoms with Crippen LogP contribution in [0.25, 0.3) is 0 Å². The Labute approximate surface area is 122 Å². The summed E-state index contributed by atoms with van der Waals surface area (Å²) in [6, 6.07) is 6.88. The van der Waals surface area contributed by atoms with E-state index < -0.39 is 18.6 Å². The highest BCUT2D eigenvalue weighted by Gasteiger charge is 2.34. The smallest absolute Gasteiger partial charge is 0.393 e. The van der Waals surface area contributed by atoms with Crippen molar-refractivity contribution in [3.63, 3.8) is 0 Å². The molecule has 1 aliphatic rings. The molecule has 1 heterocycles. The lowest BCUT2D eigenvalue weighted by Gasteiger charge is -2.03. The molecule has 0 fully saturated rings. The molecule has 1 aromatic rings. The topological polar surface area (TPSA) is 26.3 Å². The molecule has 7 heteroatoms. The summed E-state index contributed by atoms with van der Waals surface area (Å²) in [5, 5.41) is 2.06. The van der Waals surface area contributed by atoms with E-state index in [1.54, 1.807) is 24.3 Å². The van der Waals surface area contributed by atoms with Crippen molar-refractivity contribution in [2.75, 3.05) is 0 Å². The molecule has 2 nitrogen and oxygen atoms in total. The zero-order chi connectivity index (χ0) is 14.8. The van der Waals surface area contributed by atoms with Crippen molar-refractivity contribution in [1.82, 2.24) is 0 Å². The van der Waals surface area contributed by atoms with E-state index in [1.165, 1.54) is 17.2 Å². The molecule has 0 N–H and O–H groups in total. The number of hydrogen-bond acceptors (Lipinski definition) is 3. The average Bonchev–Trinajstić information content (AvgIpc) is 2.67. The molecule has 0 amide bonds. The maximum absolute atomic E-state index is 12.2. The molecule has 0 spiro atoms. The molecule has 20 heavy (non-hydrogen) atoms. The Kier molecular flexibility index (Phi) is 4.45. The third-order valence-electron chi connectivity index (χ3n) is 2.30. The first-order valence-electron chi connectivity index (χ1n) is 5.45. The van der Waals surface area contributed by atoms with Gasteiger partial charge >= 0.3 is 12.1 Å². The highest BCUT2D eigenvalue weighted by atomic mass is 35.5. The Hall–Kier alpha value is -1.40. The molecule has 0 saturated heterocycles. The van der Waals surface area contributed by atoms with Gasteiger partial charge in [0.15, 0.2) is 0 Å². The average molecular weight is 321 g/mol. The Bertz CT molecular complexity index is 576. The van der Waals surface area contributed by atoms with E-state index in [4.69, 9.17) is 16.3 Å². The van der Waals surface area contributed by atoms with Crippen LogP contribution in [0.1, 0.15) is 6.42 Å². The van der Waals surface area contributed by atoms with Crippen LogP contribution in [0.15, 0.2) is 52.0 Å². The second-order valence-corrected chi connectivity index (χ2v) is 5.32. The van der Waals surface area contributed by atoms with Crippen molar-refractivity contribution in [2.24, 2.45) is 0 Å². The third kappa shape index (κ3) is 4.31. The van der Waals surface area contributed by atoms with Gasteiger partial charge < -0.3 is 4.74 Å². The van der Waals surface area contributed by atoms with Crippen molar-refractivity contribution in [3.8, 4) is 0 Å². The van der Waals surface area contributed by atoms with Crippen molar-refractivity contribution in [1.29, 1.82) is 0 Å². The third-order valence-corrected chi connectivity index (χ3v) is 3.45. The van der Waals surface area contributed by atoms with Gasteiger partial charge in [0.1, 0.15) is 5.76 Å². The van der Waals surface area contributed by atoms with Gasteiger partial charge in [0, 0.05) is 15.3 Å². The van der Waals surface area contributed by atoms with E-state index in [0.717, 1.165) is 11.0 Å². The maximum atomic E-state index is 12.2. The fraction of sp³-hybridized carbons (Fsp3) is 0.154. The van der Waals surface area contributed by atoms with Crippen LogP contribution in [-0.2, 0) is 9.53 Å². The first-order valence-corrected chi connectivity index (χ1v) is 6.71. The minimum Gasteiger partial charge on any atom is -0.423 e. The molecule has 0 aromatic heterocycles. The van der Waals surface area contributed by atoms with Crippen LogP contribution in [0.4, 0.5) is 13.2 Å². The lowest BCUT2D eigenvalue weighted by atomic mass is 10.2. The number of halogens is 4. The van der Waals surface area contributed by atoms with Crippen molar-refractivity contribution in [2.45, 2.75) is 17.5 Å². The van der Waals surface area contributed by atoms with Gasteiger partial charge in [-0.15, -0.1) is 0 Å². The van der Waals surface area contributed by atoms with Crippen molar-refractivity contribution in [3.05, 3.63) is 52.1 Å². The fourth-order valence-electron chi connectivity index (χ4n) is 1.47. The zero-order valence-electron chi connectivity index (χ0n) is 9.91. The first-order chi connectivity index (χ1) is 9.33. The van der Waals surface area contributed by atoms with E-state index in [0.29, 0.717) is 5.02 Å². The number of rotatable bonds is 3. The number of ether oxygens (including phenoxy) is 1. The van der Waals surface area contributed by atoms with Gasteiger partial charge in [0.2, 0.25) is 0 Å². The number of benzene rings is 1. The van der Waals surface area contributed by atoms with Crippen LogP contribution in [0.2, 0.25) is 5.02 Å². The second kappa shape index (κ2) is 5.93. The standard InChI is InChI=1S/C13H8ClF3O2S/c14-9-1-3-11(4-2-9)20-7-10-5-8(12(18)19-10)6-13(15,16)17/h1-5,7H,6H2/b10-7-.